The van der Waals surface area contributed by atoms with E-state index in [-0.39, 0.29) is 13.0 Å². The second kappa shape index (κ2) is 8.35. The number of imidazole rings is 1. The lowest BCUT2D eigenvalue weighted by Gasteiger charge is -2.24. The first kappa shape index (κ1) is 20.6. The maximum Gasteiger partial charge on any atom is 0.330 e. The van der Waals surface area contributed by atoms with Crippen molar-refractivity contribution in [2.75, 3.05) is 0 Å². The Kier molecular flexibility index (Phi) is 5.22. The van der Waals surface area contributed by atoms with E-state index < -0.39 is 23.8 Å². The maximum atomic E-state index is 13.2. The van der Waals surface area contributed by atoms with Crippen LogP contribution in [0.15, 0.2) is 79.1 Å². The summed E-state index contributed by atoms with van der Waals surface area (Å²) in [5.41, 5.74) is 3.78. The minimum Gasteiger partial charge on any atom is -0.458 e. The van der Waals surface area contributed by atoms with Crippen LogP contribution >= 0.6 is 0 Å². The highest BCUT2D eigenvalue weighted by atomic mass is 16.5. The van der Waals surface area contributed by atoms with Crippen LogP contribution in [-0.4, -0.2) is 38.1 Å². The van der Waals surface area contributed by atoms with Crippen LogP contribution in [-0.2, 0) is 22.6 Å². The fraction of sp³-hybridized carbons (Fsp3) is 0.154. The van der Waals surface area contributed by atoms with Crippen molar-refractivity contribution < 1.29 is 19.1 Å². The molecule has 0 bridgehead atoms. The highest BCUT2D eigenvalue weighted by molar-refractivity contribution is 6.22. The molecule has 0 spiro atoms. The first-order valence-electron chi connectivity index (χ1n) is 10.6. The lowest BCUT2D eigenvalue weighted by molar-refractivity contribution is -0.149. The third-order valence-electron chi connectivity index (χ3n) is 5.77. The molecule has 0 aliphatic carbocycles. The van der Waals surface area contributed by atoms with E-state index in [0.717, 1.165) is 21.7 Å². The standard InChI is InChI=1S/C26H21N3O4/c1-17-8-7-13-28-15-19(27-23(17)28)16-33-26(32)22(14-18-9-3-2-4-10-18)29-24(30)20-11-5-6-12-21(20)25(29)31/h2-13,15,22H,14,16H2,1H3/t22-/m0/s1. The zero-order valence-electron chi connectivity index (χ0n) is 18.0. The molecule has 0 fully saturated rings. The molecule has 164 valence electrons. The molecule has 0 saturated heterocycles. The van der Waals surface area contributed by atoms with Crippen LogP contribution in [0.1, 0.15) is 37.5 Å². The zero-order chi connectivity index (χ0) is 22.9. The number of hydrogen-bond donors (Lipinski definition) is 0. The fourth-order valence-electron chi connectivity index (χ4n) is 4.12. The van der Waals surface area contributed by atoms with Crippen LogP contribution in [0.25, 0.3) is 5.65 Å². The molecule has 5 rings (SSSR count). The first-order valence-corrected chi connectivity index (χ1v) is 10.6. The number of hydrogen-bond acceptors (Lipinski definition) is 5. The van der Waals surface area contributed by atoms with Gasteiger partial charge in [0, 0.05) is 18.8 Å². The van der Waals surface area contributed by atoms with Gasteiger partial charge in [0.25, 0.3) is 11.8 Å². The lowest BCUT2D eigenvalue weighted by Crippen LogP contribution is -2.47. The van der Waals surface area contributed by atoms with Crippen LogP contribution < -0.4 is 0 Å². The largest absolute Gasteiger partial charge is 0.458 e. The number of benzene rings is 2. The number of rotatable bonds is 6. The maximum absolute atomic E-state index is 13.2. The summed E-state index contributed by atoms with van der Waals surface area (Å²) in [5, 5.41) is 0. The minimum absolute atomic E-state index is 0.0611. The summed E-state index contributed by atoms with van der Waals surface area (Å²) < 4.78 is 7.44. The molecule has 2 amide bonds. The lowest BCUT2D eigenvalue weighted by atomic mass is 10.0. The Bertz CT molecular complexity index is 1340. The van der Waals surface area contributed by atoms with Gasteiger partial charge in [0.05, 0.1) is 16.8 Å². The number of ether oxygens (including phenoxy) is 1. The van der Waals surface area contributed by atoms with Crippen LogP contribution in [0.2, 0.25) is 0 Å². The number of amides is 2. The number of aryl methyl sites for hydroxylation is 1. The van der Waals surface area contributed by atoms with Crippen LogP contribution in [0.5, 0.6) is 0 Å². The van der Waals surface area contributed by atoms with Gasteiger partial charge >= 0.3 is 5.97 Å². The highest BCUT2D eigenvalue weighted by Crippen LogP contribution is 2.26. The average molecular weight is 439 g/mol. The van der Waals surface area contributed by atoms with Gasteiger partial charge in [-0.2, -0.15) is 0 Å². The summed E-state index contributed by atoms with van der Waals surface area (Å²) in [6.07, 6.45) is 3.83. The molecule has 7 heteroatoms. The molecular formula is C26H21N3O4. The molecule has 1 aliphatic rings. The van der Waals surface area contributed by atoms with Crippen molar-refractivity contribution in [1.82, 2.24) is 14.3 Å². The number of aromatic nitrogens is 2. The third kappa shape index (κ3) is 3.78. The topological polar surface area (TPSA) is 81.0 Å². The van der Waals surface area contributed by atoms with Crippen molar-refractivity contribution in [1.29, 1.82) is 0 Å². The summed E-state index contributed by atoms with van der Waals surface area (Å²) >= 11 is 0. The van der Waals surface area contributed by atoms with E-state index in [0.29, 0.717) is 16.8 Å². The molecule has 0 saturated carbocycles. The minimum atomic E-state index is -1.08. The Morgan fingerprint density at radius 2 is 1.61 bits per heavy atom. The van der Waals surface area contributed by atoms with Gasteiger partial charge in [-0.3, -0.25) is 14.5 Å². The van der Waals surface area contributed by atoms with Gasteiger partial charge in [0.1, 0.15) is 18.3 Å². The predicted molar refractivity (Wildman–Crippen MR) is 121 cm³/mol. The van der Waals surface area contributed by atoms with Crippen LogP contribution in [0, 0.1) is 6.92 Å². The van der Waals surface area contributed by atoms with Crippen LogP contribution in [0.3, 0.4) is 0 Å². The number of imide groups is 1. The number of fused-ring (bicyclic) bond motifs is 2. The van der Waals surface area contributed by atoms with Crippen LogP contribution in [0.4, 0.5) is 0 Å². The summed E-state index contributed by atoms with van der Waals surface area (Å²) in [5.74, 6) is -1.63. The van der Waals surface area contributed by atoms with Gasteiger partial charge in [0.2, 0.25) is 0 Å². The molecule has 7 nitrogen and oxygen atoms in total. The Morgan fingerprint density at radius 3 is 2.27 bits per heavy atom. The third-order valence-corrected chi connectivity index (χ3v) is 5.77. The highest BCUT2D eigenvalue weighted by Gasteiger charge is 2.43. The van der Waals surface area contributed by atoms with Gasteiger partial charge in [-0.1, -0.05) is 48.5 Å². The van der Waals surface area contributed by atoms with Gasteiger partial charge < -0.3 is 9.14 Å². The van der Waals surface area contributed by atoms with E-state index in [1.807, 2.05) is 60.0 Å². The molecule has 0 radical (unpaired) electrons. The van der Waals surface area contributed by atoms with Gasteiger partial charge in [-0.25, -0.2) is 9.78 Å². The molecule has 33 heavy (non-hydrogen) atoms. The summed E-state index contributed by atoms with van der Waals surface area (Å²) in [6, 6.07) is 18.6. The Morgan fingerprint density at radius 1 is 0.939 bits per heavy atom. The van der Waals surface area contributed by atoms with Crippen molar-refractivity contribution in [2.24, 2.45) is 0 Å². The van der Waals surface area contributed by atoms with Gasteiger partial charge in [0.15, 0.2) is 0 Å². The van der Waals surface area contributed by atoms with Crippen molar-refractivity contribution >= 4 is 23.4 Å². The molecule has 3 heterocycles. The van der Waals surface area contributed by atoms with E-state index in [1.54, 1.807) is 30.5 Å². The van der Waals surface area contributed by atoms with Crippen molar-refractivity contribution in [3.8, 4) is 0 Å². The van der Waals surface area contributed by atoms with E-state index >= 15 is 0 Å². The molecule has 4 aromatic rings. The average Bonchev–Trinajstić information content (AvgIpc) is 3.37. The van der Waals surface area contributed by atoms with Crippen molar-refractivity contribution in [2.45, 2.75) is 26.0 Å². The normalized spacial score (nSPS) is 13.9. The van der Waals surface area contributed by atoms with E-state index in [4.69, 9.17) is 4.74 Å². The second-order valence-electron chi connectivity index (χ2n) is 7.99. The Hall–Kier alpha value is -4.26. The zero-order valence-corrected chi connectivity index (χ0v) is 18.0. The molecular weight excluding hydrogens is 418 g/mol. The number of carbonyl (C=O) groups excluding carboxylic acids is 3. The molecule has 2 aromatic carbocycles. The number of carbonyl (C=O) groups is 3. The second-order valence-corrected chi connectivity index (χ2v) is 7.99. The number of nitrogens with zero attached hydrogens (tertiary/aromatic N) is 3. The van der Waals surface area contributed by atoms with E-state index in [2.05, 4.69) is 4.98 Å². The molecule has 1 aliphatic heterocycles. The molecule has 0 N–H and O–H groups in total. The SMILES string of the molecule is Cc1cccn2cc(COC(=O)[C@H](Cc3ccccc3)N3C(=O)c4ccccc4C3=O)nc12. The monoisotopic (exact) mass is 439 g/mol. The van der Waals surface area contributed by atoms with Gasteiger partial charge in [-0.15, -0.1) is 0 Å². The number of esters is 1. The number of pyridine rings is 1. The predicted octanol–water partition coefficient (Wildman–Crippen LogP) is 3.59. The van der Waals surface area contributed by atoms with Crippen molar-refractivity contribution in [3.63, 3.8) is 0 Å². The molecule has 2 aromatic heterocycles. The smallest absolute Gasteiger partial charge is 0.330 e. The van der Waals surface area contributed by atoms with E-state index in [9.17, 15) is 14.4 Å². The summed E-state index contributed by atoms with van der Waals surface area (Å²) in [4.78, 5) is 44.9. The Balaban J connectivity index is 1.41. The van der Waals surface area contributed by atoms with E-state index in [1.165, 1.54) is 0 Å². The molecule has 1 atom stereocenters. The quantitative estimate of drug-likeness (QED) is 0.339. The molecule has 0 unspecified atom stereocenters. The summed E-state index contributed by atoms with van der Waals surface area (Å²) in [6.45, 7) is 1.89. The summed E-state index contributed by atoms with van der Waals surface area (Å²) in [7, 11) is 0. The Labute approximate surface area is 190 Å². The van der Waals surface area contributed by atoms with Gasteiger partial charge in [-0.05, 0) is 36.2 Å². The van der Waals surface area contributed by atoms with Crippen molar-refractivity contribution in [3.05, 3.63) is 107 Å². The fourth-order valence-corrected chi connectivity index (χ4v) is 4.12. The first-order chi connectivity index (χ1) is 16.0.